The average molecular weight is 387 g/mol. The zero-order valence-electron chi connectivity index (χ0n) is 14.3. The summed E-state index contributed by atoms with van der Waals surface area (Å²) in [5.41, 5.74) is 2.16. The summed E-state index contributed by atoms with van der Waals surface area (Å²) in [5, 5.41) is 10.4. The SMILES string of the molecule is CC(C)COc1c(Cl)cc(Cl)cc1/C=C(\C#N)c1nc2ccccc2o1. The summed E-state index contributed by atoms with van der Waals surface area (Å²) in [6.45, 7) is 4.57. The first-order valence-electron chi connectivity index (χ1n) is 8.07. The van der Waals surface area contributed by atoms with Crippen LogP contribution in [0.5, 0.6) is 5.75 Å². The molecule has 26 heavy (non-hydrogen) atoms. The van der Waals surface area contributed by atoms with Crippen LogP contribution in [-0.2, 0) is 0 Å². The van der Waals surface area contributed by atoms with Crippen molar-refractivity contribution < 1.29 is 9.15 Å². The molecule has 0 saturated carbocycles. The van der Waals surface area contributed by atoms with Gasteiger partial charge in [0.15, 0.2) is 5.58 Å². The van der Waals surface area contributed by atoms with E-state index in [1.54, 1.807) is 24.3 Å². The van der Waals surface area contributed by atoms with E-state index in [1.165, 1.54) is 0 Å². The number of para-hydroxylation sites is 2. The monoisotopic (exact) mass is 386 g/mol. The van der Waals surface area contributed by atoms with Crippen LogP contribution in [0.15, 0.2) is 40.8 Å². The fourth-order valence-corrected chi connectivity index (χ4v) is 2.94. The van der Waals surface area contributed by atoms with Gasteiger partial charge in [0.2, 0.25) is 5.89 Å². The van der Waals surface area contributed by atoms with Crippen molar-refractivity contribution in [3.8, 4) is 11.8 Å². The Hall–Kier alpha value is -2.48. The Balaban J connectivity index is 2.07. The van der Waals surface area contributed by atoms with Crippen LogP contribution >= 0.6 is 23.2 Å². The third-order valence-corrected chi connectivity index (χ3v) is 4.04. The van der Waals surface area contributed by atoms with Crippen molar-refractivity contribution in [3.63, 3.8) is 0 Å². The molecule has 0 radical (unpaired) electrons. The number of fused-ring (bicyclic) bond motifs is 1. The van der Waals surface area contributed by atoms with Crippen molar-refractivity contribution >= 4 is 46.0 Å². The van der Waals surface area contributed by atoms with Crippen LogP contribution in [0, 0.1) is 17.2 Å². The maximum Gasteiger partial charge on any atom is 0.238 e. The molecule has 132 valence electrons. The molecule has 0 unspecified atom stereocenters. The van der Waals surface area contributed by atoms with Crippen molar-refractivity contribution in [2.45, 2.75) is 13.8 Å². The molecule has 0 aliphatic rings. The number of benzene rings is 2. The van der Waals surface area contributed by atoms with Crippen LogP contribution in [0.2, 0.25) is 10.0 Å². The quantitative estimate of drug-likeness (QED) is 0.487. The molecule has 1 aromatic heterocycles. The molecule has 3 rings (SSSR count). The highest BCUT2D eigenvalue weighted by Gasteiger charge is 2.15. The second-order valence-corrected chi connectivity index (χ2v) is 7.01. The number of nitriles is 1. The maximum atomic E-state index is 9.59. The number of aromatic nitrogens is 1. The topological polar surface area (TPSA) is 59.0 Å². The summed E-state index contributed by atoms with van der Waals surface area (Å²) >= 11 is 12.4. The summed E-state index contributed by atoms with van der Waals surface area (Å²) in [6.07, 6.45) is 1.62. The lowest BCUT2D eigenvalue weighted by atomic mass is 10.1. The van der Waals surface area contributed by atoms with Crippen molar-refractivity contribution in [2.75, 3.05) is 6.61 Å². The standard InChI is InChI=1S/C20H16Cl2N2O2/c1-12(2)11-25-19-13(8-15(21)9-16(19)22)7-14(10-23)20-24-17-5-3-4-6-18(17)26-20/h3-9,12H,11H2,1-2H3/b14-7+. The number of hydrogen-bond acceptors (Lipinski definition) is 4. The van der Waals surface area contributed by atoms with Gasteiger partial charge < -0.3 is 9.15 Å². The van der Waals surface area contributed by atoms with Crippen LogP contribution in [0.4, 0.5) is 0 Å². The zero-order valence-corrected chi connectivity index (χ0v) is 15.8. The van der Waals surface area contributed by atoms with E-state index in [0.717, 1.165) is 0 Å². The van der Waals surface area contributed by atoms with E-state index in [0.29, 0.717) is 45.0 Å². The fourth-order valence-electron chi connectivity index (χ4n) is 2.37. The minimum absolute atomic E-state index is 0.236. The number of rotatable bonds is 5. The van der Waals surface area contributed by atoms with Crippen LogP contribution in [0.1, 0.15) is 25.3 Å². The first-order chi connectivity index (χ1) is 12.5. The highest BCUT2D eigenvalue weighted by Crippen LogP contribution is 2.35. The van der Waals surface area contributed by atoms with Gasteiger partial charge in [0.05, 0.1) is 11.6 Å². The van der Waals surface area contributed by atoms with Crippen molar-refractivity contribution in [1.82, 2.24) is 4.98 Å². The first kappa shape index (κ1) is 18.3. The number of halogens is 2. The number of hydrogen-bond donors (Lipinski definition) is 0. The van der Waals surface area contributed by atoms with Crippen molar-refractivity contribution in [2.24, 2.45) is 5.92 Å². The average Bonchev–Trinajstić information content (AvgIpc) is 3.02. The van der Waals surface area contributed by atoms with Gasteiger partial charge in [-0.3, -0.25) is 0 Å². The number of ether oxygens (including phenoxy) is 1. The van der Waals surface area contributed by atoms with Gasteiger partial charge in [-0.2, -0.15) is 5.26 Å². The fraction of sp³-hybridized carbons (Fsp3) is 0.200. The lowest BCUT2D eigenvalue weighted by Crippen LogP contribution is -2.06. The third kappa shape index (κ3) is 4.01. The molecule has 0 bridgehead atoms. The van der Waals surface area contributed by atoms with E-state index < -0.39 is 0 Å². The Labute approximate surface area is 161 Å². The molecule has 2 aromatic carbocycles. The molecule has 1 heterocycles. The molecule has 0 atom stereocenters. The predicted molar refractivity (Wildman–Crippen MR) is 104 cm³/mol. The largest absolute Gasteiger partial charge is 0.491 e. The molecular formula is C20H16Cl2N2O2. The lowest BCUT2D eigenvalue weighted by molar-refractivity contribution is 0.271. The highest BCUT2D eigenvalue weighted by atomic mass is 35.5. The molecule has 0 fully saturated rings. The van der Waals surface area contributed by atoms with Gasteiger partial charge in [0.1, 0.15) is 22.9 Å². The van der Waals surface area contributed by atoms with Crippen LogP contribution in [-0.4, -0.2) is 11.6 Å². The molecule has 3 aromatic rings. The Bertz CT molecular complexity index is 983. The number of nitrogens with zero attached hydrogens (tertiary/aromatic N) is 2. The van der Waals surface area contributed by atoms with E-state index in [9.17, 15) is 5.26 Å². The molecule has 0 aliphatic carbocycles. The van der Waals surface area contributed by atoms with Gasteiger partial charge in [0.25, 0.3) is 0 Å². The maximum absolute atomic E-state index is 9.59. The highest BCUT2D eigenvalue weighted by molar-refractivity contribution is 6.36. The lowest BCUT2D eigenvalue weighted by Gasteiger charge is -2.13. The zero-order chi connectivity index (χ0) is 18.7. The summed E-state index contributed by atoms with van der Waals surface area (Å²) in [4.78, 5) is 4.36. The molecule has 0 spiro atoms. The van der Waals surface area contributed by atoms with Crippen LogP contribution in [0.3, 0.4) is 0 Å². The van der Waals surface area contributed by atoms with Crippen molar-refractivity contribution in [3.05, 3.63) is 57.9 Å². The van der Waals surface area contributed by atoms with Gasteiger partial charge in [-0.15, -0.1) is 0 Å². The smallest absolute Gasteiger partial charge is 0.238 e. The van der Waals surface area contributed by atoms with E-state index >= 15 is 0 Å². The minimum atomic E-state index is 0.236. The van der Waals surface area contributed by atoms with Crippen LogP contribution in [0.25, 0.3) is 22.7 Å². The van der Waals surface area contributed by atoms with Crippen molar-refractivity contribution in [1.29, 1.82) is 5.26 Å². The molecule has 0 N–H and O–H groups in total. The molecular weight excluding hydrogens is 371 g/mol. The second-order valence-electron chi connectivity index (χ2n) is 6.17. The van der Waals surface area contributed by atoms with Gasteiger partial charge in [-0.25, -0.2) is 4.98 Å². The normalized spacial score (nSPS) is 11.8. The second kappa shape index (κ2) is 7.82. The minimum Gasteiger partial charge on any atom is -0.491 e. The van der Waals surface area contributed by atoms with Crippen LogP contribution < -0.4 is 4.74 Å². The molecule has 0 aliphatic heterocycles. The molecule has 0 saturated heterocycles. The summed E-state index contributed by atoms with van der Waals surface area (Å²) < 4.78 is 11.5. The summed E-state index contributed by atoms with van der Waals surface area (Å²) in [6, 6.07) is 12.8. The van der Waals surface area contributed by atoms with E-state index in [-0.39, 0.29) is 11.5 Å². The van der Waals surface area contributed by atoms with Gasteiger partial charge in [0, 0.05) is 10.6 Å². The van der Waals surface area contributed by atoms with Gasteiger partial charge in [-0.1, -0.05) is 49.2 Å². The van der Waals surface area contributed by atoms with E-state index in [4.69, 9.17) is 32.4 Å². The predicted octanol–water partition coefficient (Wildman–Crippen LogP) is 6.23. The first-order valence-corrected chi connectivity index (χ1v) is 8.83. The molecule has 6 heteroatoms. The third-order valence-electron chi connectivity index (χ3n) is 3.54. The Morgan fingerprint density at radius 3 is 2.77 bits per heavy atom. The Morgan fingerprint density at radius 1 is 1.31 bits per heavy atom. The Kier molecular flexibility index (Phi) is 5.51. The van der Waals surface area contributed by atoms with Gasteiger partial charge >= 0.3 is 0 Å². The summed E-state index contributed by atoms with van der Waals surface area (Å²) in [5.74, 6) is 1.04. The number of oxazole rings is 1. The van der Waals surface area contributed by atoms with E-state index in [1.807, 2.05) is 32.0 Å². The molecule has 4 nitrogen and oxygen atoms in total. The number of allylic oxidation sites excluding steroid dienone is 1. The Morgan fingerprint density at radius 2 is 2.08 bits per heavy atom. The molecule has 0 amide bonds. The summed E-state index contributed by atoms with van der Waals surface area (Å²) in [7, 11) is 0. The van der Waals surface area contributed by atoms with Gasteiger partial charge in [-0.05, 0) is 36.3 Å². The van der Waals surface area contributed by atoms with E-state index in [2.05, 4.69) is 11.1 Å².